The van der Waals surface area contributed by atoms with E-state index in [1.165, 1.54) is 23.5 Å². The second-order valence-electron chi connectivity index (χ2n) is 6.99. The number of aryl methyl sites for hydroxylation is 3. The molecule has 0 saturated carbocycles. The van der Waals surface area contributed by atoms with Crippen LogP contribution in [0.3, 0.4) is 0 Å². The maximum absolute atomic E-state index is 13.4. The van der Waals surface area contributed by atoms with Crippen LogP contribution in [0.1, 0.15) is 23.7 Å². The molecule has 1 amide bonds. The van der Waals surface area contributed by atoms with Crippen molar-refractivity contribution >= 4 is 33.5 Å². The molecule has 0 aliphatic carbocycles. The number of aromatic nitrogens is 3. The largest absolute Gasteiger partial charge is 0.444 e. The van der Waals surface area contributed by atoms with Gasteiger partial charge in [0.25, 0.3) is 0 Å². The van der Waals surface area contributed by atoms with E-state index in [1.807, 2.05) is 43.7 Å². The Morgan fingerprint density at radius 2 is 2.10 bits per heavy atom. The number of halogens is 1. The molecule has 0 spiro atoms. The van der Waals surface area contributed by atoms with Crippen molar-refractivity contribution in [2.75, 3.05) is 5.32 Å². The summed E-state index contributed by atoms with van der Waals surface area (Å²) in [6.45, 7) is 3.95. The van der Waals surface area contributed by atoms with E-state index in [0.29, 0.717) is 11.4 Å². The molecule has 154 valence electrons. The number of carbonyl (C=O) groups is 1. The zero-order valence-electron chi connectivity index (χ0n) is 16.9. The minimum Gasteiger partial charge on any atom is -0.444 e. The van der Waals surface area contributed by atoms with E-state index in [1.54, 1.807) is 12.4 Å². The van der Waals surface area contributed by atoms with E-state index in [2.05, 4.69) is 15.3 Å². The molecule has 0 unspecified atom stereocenters. The number of fused-ring (bicyclic) bond motifs is 1. The van der Waals surface area contributed by atoms with Gasteiger partial charge in [-0.2, -0.15) is 0 Å². The molecule has 0 bridgehead atoms. The molecular formula is C22H21FN4O2S. The van der Waals surface area contributed by atoms with E-state index < -0.39 is 6.09 Å². The summed E-state index contributed by atoms with van der Waals surface area (Å²) < 4.78 is 20.7. The topological polar surface area (TPSA) is 69.0 Å². The van der Waals surface area contributed by atoms with Gasteiger partial charge in [0.05, 0.1) is 23.1 Å². The van der Waals surface area contributed by atoms with Gasteiger partial charge in [-0.1, -0.05) is 24.3 Å². The Bertz CT molecular complexity index is 1230. The highest BCUT2D eigenvalue weighted by Gasteiger charge is 2.16. The summed E-state index contributed by atoms with van der Waals surface area (Å²) in [5.41, 5.74) is 5.15. The van der Waals surface area contributed by atoms with Crippen LogP contribution in [0.25, 0.3) is 21.6 Å². The van der Waals surface area contributed by atoms with Gasteiger partial charge in [-0.05, 0) is 54.8 Å². The first-order valence-corrected chi connectivity index (χ1v) is 10.4. The normalized spacial score (nSPS) is 11.1. The van der Waals surface area contributed by atoms with Crippen LogP contribution < -0.4 is 5.32 Å². The average Bonchev–Trinajstić information content (AvgIpc) is 3.29. The van der Waals surface area contributed by atoms with Gasteiger partial charge in [0, 0.05) is 12.6 Å². The lowest BCUT2D eigenvalue weighted by molar-refractivity contribution is 0.155. The van der Waals surface area contributed by atoms with E-state index in [9.17, 15) is 9.18 Å². The molecule has 4 aromatic rings. The first-order valence-electron chi connectivity index (χ1n) is 9.54. The number of hydrogen-bond acceptors (Lipinski definition) is 5. The molecule has 30 heavy (non-hydrogen) atoms. The smallest absolute Gasteiger partial charge is 0.412 e. The number of nitrogens with one attached hydrogen (secondary N) is 1. The first-order chi connectivity index (χ1) is 14.4. The summed E-state index contributed by atoms with van der Waals surface area (Å²) in [6, 6.07) is 10.4. The van der Waals surface area contributed by atoms with Gasteiger partial charge in [-0.3, -0.25) is 5.32 Å². The van der Waals surface area contributed by atoms with Crippen LogP contribution in [0, 0.1) is 12.7 Å². The van der Waals surface area contributed by atoms with Crippen LogP contribution in [0.15, 0.2) is 42.7 Å². The molecule has 1 N–H and O–H groups in total. The SMILES string of the molecule is CCc1nc(-c2ccc(F)cc2C)sc1NC(=O)OCc1ccc2c(c1)ncn2C. The van der Waals surface area contributed by atoms with Gasteiger partial charge in [-0.25, -0.2) is 19.2 Å². The molecule has 6 nitrogen and oxygen atoms in total. The molecule has 4 rings (SSSR count). The number of imidazole rings is 1. The Balaban J connectivity index is 1.46. The highest BCUT2D eigenvalue weighted by Crippen LogP contribution is 2.34. The van der Waals surface area contributed by atoms with Gasteiger partial charge < -0.3 is 9.30 Å². The summed E-state index contributed by atoms with van der Waals surface area (Å²) in [5, 5.41) is 4.17. The van der Waals surface area contributed by atoms with Crippen LogP contribution in [0.4, 0.5) is 14.2 Å². The monoisotopic (exact) mass is 424 g/mol. The lowest BCUT2D eigenvalue weighted by Crippen LogP contribution is -2.13. The molecule has 0 atom stereocenters. The van der Waals surface area contributed by atoms with Crippen molar-refractivity contribution in [2.45, 2.75) is 26.9 Å². The number of nitrogens with zero attached hydrogens (tertiary/aromatic N) is 3. The van der Waals surface area contributed by atoms with Crippen molar-refractivity contribution in [3.8, 4) is 10.6 Å². The Morgan fingerprint density at radius 1 is 1.27 bits per heavy atom. The van der Waals surface area contributed by atoms with E-state index in [0.717, 1.165) is 38.4 Å². The molecule has 2 heterocycles. The Morgan fingerprint density at radius 3 is 2.87 bits per heavy atom. The maximum Gasteiger partial charge on any atom is 0.412 e. The number of thiazole rings is 1. The van der Waals surface area contributed by atoms with Gasteiger partial charge in [0.1, 0.15) is 22.4 Å². The van der Waals surface area contributed by atoms with Crippen molar-refractivity contribution in [1.82, 2.24) is 14.5 Å². The fourth-order valence-corrected chi connectivity index (χ4v) is 4.35. The lowest BCUT2D eigenvalue weighted by atomic mass is 10.1. The second-order valence-corrected chi connectivity index (χ2v) is 7.99. The number of anilines is 1. The standard InChI is InChI=1S/C22H21FN4O2S/c1-4-17-21(30-20(25-17)16-7-6-15(23)9-13(16)2)26-22(28)29-11-14-5-8-19-18(10-14)24-12-27(19)3/h5-10,12H,4,11H2,1-3H3,(H,26,28). The number of carbonyl (C=O) groups excluding carboxylic acids is 1. The third kappa shape index (κ3) is 4.04. The van der Waals surface area contributed by atoms with Crippen LogP contribution in [-0.2, 0) is 24.8 Å². The van der Waals surface area contributed by atoms with Crippen molar-refractivity contribution in [1.29, 1.82) is 0 Å². The van der Waals surface area contributed by atoms with Crippen LogP contribution >= 0.6 is 11.3 Å². The molecule has 0 aliphatic heterocycles. The molecule has 0 fully saturated rings. The van der Waals surface area contributed by atoms with E-state index in [-0.39, 0.29) is 12.4 Å². The number of ether oxygens (including phenoxy) is 1. The fraction of sp³-hybridized carbons (Fsp3) is 0.227. The summed E-state index contributed by atoms with van der Waals surface area (Å²) in [6.07, 6.45) is 1.86. The predicted octanol–water partition coefficient (Wildman–Crippen LogP) is 5.46. The zero-order chi connectivity index (χ0) is 21.3. The van der Waals surface area contributed by atoms with Crippen molar-refractivity contribution in [2.24, 2.45) is 7.05 Å². The van der Waals surface area contributed by atoms with Gasteiger partial charge in [0.2, 0.25) is 0 Å². The van der Waals surface area contributed by atoms with Gasteiger partial charge in [-0.15, -0.1) is 0 Å². The minimum absolute atomic E-state index is 0.141. The van der Waals surface area contributed by atoms with Crippen molar-refractivity contribution in [3.05, 3.63) is 65.4 Å². The maximum atomic E-state index is 13.4. The molecule has 2 aromatic carbocycles. The van der Waals surface area contributed by atoms with Gasteiger partial charge >= 0.3 is 6.09 Å². The van der Waals surface area contributed by atoms with E-state index >= 15 is 0 Å². The zero-order valence-corrected chi connectivity index (χ0v) is 17.7. The summed E-state index contributed by atoms with van der Waals surface area (Å²) in [4.78, 5) is 21.3. The third-order valence-corrected chi connectivity index (χ3v) is 5.87. The summed E-state index contributed by atoms with van der Waals surface area (Å²) >= 11 is 1.35. The van der Waals surface area contributed by atoms with Crippen LogP contribution in [-0.4, -0.2) is 20.6 Å². The Labute approximate surface area is 177 Å². The number of rotatable bonds is 5. The Hall–Kier alpha value is -3.26. The number of hydrogen-bond donors (Lipinski definition) is 1. The Kier molecular flexibility index (Phi) is 5.50. The lowest BCUT2D eigenvalue weighted by Gasteiger charge is -2.07. The molecule has 0 radical (unpaired) electrons. The molecular weight excluding hydrogens is 403 g/mol. The van der Waals surface area contributed by atoms with Gasteiger partial charge in [0.15, 0.2) is 0 Å². The number of amides is 1. The molecule has 0 saturated heterocycles. The van der Waals surface area contributed by atoms with Crippen LogP contribution in [0.5, 0.6) is 0 Å². The van der Waals surface area contributed by atoms with E-state index in [4.69, 9.17) is 4.74 Å². The summed E-state index contributed by atoms with van der Waals surface area (Å²) in [5.74, 6) is -0.283. The average molecular weight is 425 g/mol. The minimum atomic E-state index is -0.545. The highest BCUT2D eigenvalue weighted by molar-refractivity contribution is 7.19. The van der Waals surface area contributed by atoms with Crippen LogP contribution in [0.2, 0.25) is 0 Å². The predicted molar refractivity (Wildman–Crippen MR) is 116 cm³/mol. The molecule has 0 aliphatic rings. The van der Waals surface area contributed by atoms with Crippen molar-refractivity contribution < 1.29 is 13.9 Å². The summed E-state index contributed by atoms with van der Waals surface area (Å²) in [7, 11) is 1.93. The number of benzene rings is 2. The molecule has 2 aromatic heterocycles. The molecule has 8 heteroatoms. The highest BCUT2D eigenvalue weighted by atomic mass is 32.1. The second kappa shape index (κ2) is 8.23. The fourth-order valence-electron chi connectivity index (χ4n) is 3.22. The third-order valence-electron chi connectivity index (χ3n) is 4.83. The van der Waals surface area contributed by atoms with Crippen molar-refractivity contribution in [3.63, 3.8) is 0 Å². The quantitative estimate of drug-likeness (QED) is 0.462. The first kappa shape index (κ1) is 20.0.